The second-order valence-electron chi connectivity index (χ2n) is 2.61. The predicted molar refractivity (Wildman–Crippen MR) is 53.1 cm³/mol. The average molecular weight is 207 g/mol. The average Bonchev–Trinajstić information content (AvgIpc) is 2.03. The first kappa shape index (κ1) is 12.6. The van der Waals surface area contributed by atoms with E-state index >= 15 is 0 Å². The van der Waals surface area contributed by atoms with E-state index < -0.39 is 10.8 Å². The number of carbonyl (C=O) groups excluding carboxylic acids is 1. The van der Waals surface area contributed by atoms with Gasteiger partial charge in [-0.1, -0.05) is 0 Å². The summed E-state index contributed by atoms with van der Waals surface area (Å²) < 4.78 is 15.3. The molecule has 0 spiro atoms. The van der Waals surface area contributed by atoms with Gasteiger partial charge in [0.05, 0.1) is 13.2 Å². The fourth-order valence-electron chi connectivity index (χ4n) is 0.803. The highest BCUT2D eigenvalue weighted by atomic mass is 32.2. The fourth-order valence-corrected chi connectivity index (χ4v) is 1.35. The van der Waals surface area contributed by atoms with E-state index in [0.29, 0.717) is 18.9 Å². The molecule has 0 aromatic heterocycles. The summed E-state index contributed by atoms with van der Waals surface area (Å²) in [5.41, 5.74) is 0. The molecular formula is C8H17NO3S. The van der Waals surface area contributed by atoms with Crippen molar-refractivity contribution in [2.45, 2.75) is 13.3 Å². The third-order valence-corrected chi connectivity index (χ3v) is 2.22. The van der Waals surface area contributed by atoms with Gasteiger partial charge in [-0.15, -0.1) is 0 Å². The van der Waals surface area contributed by atoms with Crippen molar-refractivity contribution in [3.8, 4) is 0 Å². The van der Waals surface area contributed by atoms with Gasteiger partial charge in [-0.25, -0.2) is 0 Å². The number of hydrogen-bond acceptors (Lipinski definition) is 4. The molecule has 0 radical (unpaired) electrons. The highest BCUT2D eigenvalue weighted by molar-refractivity contribution is 7.84. The van der Waals surface area contributed by atoms with Gasteiger partial charge < -0.3 is 10.1 Å². The van der Waals surface area contributed by atoms with Gasteiger partial charge in [0, 0.05) is 22.8 Å². The van der Waals surface area contributed by atoms with Crippen molar-refractivity contribution in [3.05, 3.63) is 0 Å². The van der Waals surface area contributed by atoms with Crippen LogP contribution in [0.5, 0.6) is 0 Å². The predicted octanol–water partition coefficient (Wildman–Crippen LogP) is -0.0923. The first-order chi connectivity index (χ1) is 6.16. The van der Waals surface area contributed by atoms with Crippen LogP contribution in [-0.4, -0.2) is 41.9 Å². The first-order valence-electron chi connectivity index (χ1n) is 4.33. The monoisotopic (exact) mass is 207 g/mol. The Morgan fingerprint density at radius 3 is 2.77 bits per heavy atom. The maximum Gasteiger partial charge on any atom is 0.319 e. The van der Waals surface area contributed by atoms with Crippen LogP contribution in [0.25, 0.3) is 0 Å². The van der Waals surface area contributed by atoms with E-state index in [1.165, 1.54) is 0 Å². The van der Waals surface area contributed by atoms with Crippen LogP contribution in [0.2, 0.25) is 0 Å². The minimum atomic E-state index is -0.739. The van der Waals surface area contributed by atoms with Crippen molar-refractivity contribution < 1.29 is 13.7 Å². The number of carbonyl (C=O) groups is 1. The fraction of sp³-hybridized carbons (Fsp3) is 0.875. The molecule has 5 heteroatoms. The van der Waals surface area contributed by atoms with E-state index in [1.54, 1.807) is 13.2 Å². The smallest absolute Gasteiger partial charge is 0.319 e. The Kier molecular flexibility index (Phi) is 7.93. The third kappa shape index (κ3) is 9.49. The molecule has 0 aliphatic heterocycles. The van der Waals surface area contributed by atoms with E-state index in [1.807, 2.05) is 0 Å². The van der Waals surface area contributed by atoms with Crippen LogP contribution in [0.1, 0.15) is 13.3 Å². The Morgan fingerprint density at radius 1 is 1.54 bits per heavy atom. The van der Waals surface area contributed by atoms with Gasteiger partial charge in [-0.2, -0.15) is 0 Å². The lowest BCUT2D eigenvalue weighted by Gasteiger charge is -2.03. The van der Waals surface area contributed by atoms with Gasteiger partial charge in [0.25, 0.3) is 0 Å². The summed E-state index contributed by atoms with van der Waals surface area (Å²) in [6.07, 6.45) is 2.49. The molecule has 0 aromatic carbocycles. The molecule has 13 heavy (non-hydrogen) atoms. The van der Waals surface area contributed by atoms with Crippen LogP contribution in [0.4, 0.5) is 0 Å². The molecule has 0 saturated heterocycles. The van der Waals surface area contributed by atoms with Crippen LogP contribution in [0.15, 0.2) is 0 Å². The standard InChI is InChI=1S/C8H17NO3S/c1-3-12-8(10)7-9-5-4-6-13(2)11/h9H,3-7H2,1-2H3. The molecular weight excluding hydrogens is 190 g/mol. The number of esters is 1. The van der Waals surface area contributed by atoms with Gasteiger partial charge in [0.1, 0.15) is 0 Å². The van der Waals surface area contributed by atoms with E-state index in [4.69, 9.17) is 4.74 Å². The Morgan fingerprint density at radius 2 is 2.23 bits per heavy atom. The summed E-state index contributed by atoms with van der Waals surface area (Å²) >= 11 is 0. The van der Waals surface area contributed by atoms with E-state index in [0.717, 1.165) is 6.42 Å². The Bertz CT molecular complexity index is 173. The minimum Gasteiger partial charge on any atom is -0.465 e. The lowest BCUT2D eigenvalue weighted by atomic mass is 10.5. The maximum atomic E-state index is 10.8. The van der Waals surface area contributed by atoms with Crippen LogP contribution in [0, 0.1) is 0 Å². The lowest BCUT2D eigenvalue weighted by molar-refractivity contribution is -0.141. The van der Waals surface area contributed by atoms with Gasteiger partial charge in [0.15, 0.2) is 0 Å². The number of nitrogens with one attached hydrogen (secondary N) is 1. The summed E-state index contributed by atoms with van der Waals surface area (Å²) in [5, 5.41) is 2.92. The summed E-state index contributed by atoms with van der Waals surface area (Å²) in [4.78, 5) is 10.8. The molecule has 1 unspecified atom stereocenters. The van der Waals surface area contributed by atoms with Crippen molar-refractivity contribution in [3.63, 3.8) is 0 Å². The normalized spacial score (nSPS) is 12.5. The molecule has 0 amide bonds. The third-order valence-electron chi connectivity index (χ3n) is 1.36. The topological polar surface area (TPSA) is 55.4 Å². The maximum absolute atomic E-state index is 10.8. The molecule has 0 heterocycles. The number of hydrogen-bond donors (Lipinski definition) is 1. The zero-order chi connectivity index (χ0) is 10.1. The molecule has 0 aliphatic carbocycles. The highest BCUT2D eigenvalue weighted by Crippen LogP contribution is 1.82. The molecule has 0 rings (SSSR count). The van der Waals surface area contributed by atoms with Crippen LogP contribution >= 0.6 is 0 Å². The van der Waals surface area contributed by atoms with Crippen molar-refractivity contribution in [1.29, 1.82) is 0 Å². The first-order valence-corrected chi connectivity index (χ1v) is 6.06. The van der Waals surface area contributed by atoms with E-state index in [2.05, 4.69) is 5.32 Å². The van der Waals surface area contributed by atoms with Crippen molar-refractivity contribution in [1.82, 2.24) is 5.32 Å². The molecule has 78 valence electrons. The zero-order valence-corrected chi connectivity index (χ0v) is 8.99. The summed E-state index contributed by atoms with van der Waals surface area (Å²) in [6, 6.07) is 0. The summed E-state index contributed by atoms with van der Waals surface area (Å²) in [7, 11) is -0.739. The van der Waals surface area contributed by atoms with Gasteiger partial charge in [0.2, 0.25) is 0 Å². The zero-order valence-electron chi connectivity index (χ0n) is 8.17. The van der Waals surface area contributed by atoms with Gasteiger partial charge in [-0.05, 0) is 19.9 Å². The van der Waals surface area contributed by atoms with Crippen molar-refractivity contribution in [2.24, 2.45) is 0 Å². The Hall–Kier alpha value is -0.420. The second kappa shape index (κ2) is 8.19. The van der Waals surface area contributed by atoms with Crippen LogP contribution in [-0.2, 0) is 20.3 Å². The lowest BCUT2D eigenvalue weighted by Crippen LogP contribution is -2.26. The summed E-state index contributed by atoms with van der Waals surface area (Å²) in [5.74, 6) is 0.440. The van der Waals surface area contributed by atoms with Crippen molar-refractivity contribution >= 4 is 16.8 Å². The molecule has 1 atom stereocenters. The molecule has 1 N–H and O–H groups in total. The molecule has 0 fully saturated rings. The molecule has 0 bridgehead atoms. The van der Waals surface area contributed by atoms with Gasteiger partial charge >= 0.3 is 5.97 Å². The van der Waals surface area contributed by atoms with Crippen LogP contribution < -0.4 is 5.32 Å². The Labute approximate surface area is 81.5 Å². The Balaban J connectivity index is 3.16. The molecule has 0 aliphatic rings. The highest BCUT2D eigenvalue weighted by Gasteiger charge is 1.99. The van der Waals surface area contributed by atoms with Crippen molar-refractivity contribution in [2.75, 3.05) is 31.7 Å². The van der Waals surface area contributed by atoms with E-state index in [-0.39, 0.29) is 12.5 Å². The molecule has 0 aromatic rings. The SMILES string of the molecule is CCOC(=O)CNCCCS(C)=O. The molecule has 0 saturated carbocycles. The van der Waals surface area contributed by atoms with E-state index in [9.17, 15) is 9.00 Å². The second-order valence-corrected chi connectivity index (χ2v) is 4.17. The molecule has 4 nitrogen and oxygen atoms in total. The number of ether oxygens (including phenoxy) is 1. The minimum absolute atomic E-state index is 0.236. The quantitative estimate of drug-likeness (QED) is 0.468. The van der Waals surface area contributed by atoms with Gasteiger partial charge in [-0.3, -0.25) is 9.00 Å². The number of rotatable bonds is 7. The summed E-state index contributed by atoms with van der Waals surface area (Å²) in [6.45, 7) is 3.14. The van der Waals surface area contributed by atoms with Crippen LogP contribution in [0.3, 0.4) is 0 Å². The largest absolute Gasteiger partial charge is 0.465 e.